The smallest absolute Gasteiger partial charge is 0.339 e. The third-order valence-corrected chi connectivity index (χ3v) is 5.45. The maximum atomic E-state index is 13.0. The zero-order chi connectivity index (χ0) is 22.0. The van der Waals surface area contributed by atoms with Crippen molar-refractivity contribution in [1.82, 2.24) is 15.3 Å². The number of carbonyl (C=O) groups excluding carboxylic acids is 1. The van der Waals surface area contributed by atoms with Crippen molar-refractivity contribution < 1.29 is 18.0 Å². The van der Waals surface area contributed by atoms with Gasteiger partial charge in [-0.05, 0) is 64.0 Å². The number of fused-ring (bicyclic) bond motifs is 1. The second-order valence-electron chi connectivity index (χ2n) is 6.81. The van der Waals surface area contributed by atoms with Gasteiger partial charge in [0, 0.05) is 27.8 Å². The number of carbonyl (C=O) groups is 1. The Balaban J connectivity index is 1.70. The Kier molecular flexibility index (Phi) is 5.73. The molecule has 2 aromatic carbocycles. The summed E-state index contributed by atoms with van der Waals surface area (Å²) in [4.78, 5) is 21.6. The zero-order valence-electron chi connectivity index (χ0n) is 15.9. The van der Waals surface area contributed by atoms with Crippen LogP contribution in [0.2, 0.25) is 0 Å². The Labute approximate surface area is 184 Å². The van der Waals surface area contributed by atoms with E-state index >= 15 is 0 Å². The van der Waals surface area contributed by atoms with Gasteiger partial charge in [-0.2, -0.15) is 13.2 Å². The molecular weight excluding hydrogens is 471 g/mol. The first-order valence-corrected chi connectivity index (χ1v) is 10.1. The number of aromatic nitrogens is 2. The van der Waals surface area contributed by atoms with Crippen LogP contribution >= 0.6 is 15.9 Å². The van der Waals surface area contributed by atoms with Gasteiger partial charge < -0.3 is 5.32 Å². The molecule has 4 rings (SSSR count). The highest BCUT2D eigenvalue weighted by atomic mass is 79.9. The Morgan fingerprint density at radius 1 is 0.935 bits per heavy atom. The monoisotopic (exact) mass is 485 g/mol. The van der Waals surface area contributed by atoms with Crippen LogP contribution in [0.5, 0.6) is 0 Å². The summed E-state index contributed by atoms with van der Waals surface area (Å²) in [5.41, 5.74) is 1.24. The zero-order valence-corrected chi connectivity index (χ0v) is 17.5. The normalized spacial score (nSPS) is 12.5. The molecule has 156 valence electrons. The number of amides is 1. The minimum absolute atomic E-state index is 0.384. The molecule has 1 amide bonds. The van der Waals surface area contributed by atoms with E-state index in [1.165, 1.54) is 12.1 Å². The van der Waals surface area contributed by atoms with Gasteiger partial charge in [0.1, 0.15) is 0 Å². The fraction of sp³-hybridized carbons (Fsp3) is 0.0870. The molecule has 1 atom stereocenters. The largest absolute Gasteiger partial charge is 0.416 e. The summed E-state index contributed by atoms with van der Waals surface area (Å²) in [6.45, 7) is 0. The number of hydrogen-bond acceptors (Lipinski definition) is 3. The van der Waals surface area contributed by atoms with Crippen LogP contribution in [-0.4, -0.2) is 15.9 Å². The Morgan fingerprint density at radius 3 is 2.35 bits per heavy atom. The number of hydrogen-bond donors (Lipinski definition) is 1. The maximum Gasteiger partial charge on any atom is 0.416 e. The van der Waals surface area contributed by atoms with E-state index in [9.17, 15) is 18.0 Å². The van der Waals surface area contributed by atoms with Gasteiger partial charge in [-0.25, -0.2) is 0 Å². The van der Waals surface area contributed by atoms with Crippen molar-refractivity contribution in [3.05, 3.63) is 106 Å². The summed E-state index contributed by atoms with van der Waals surface area (Å²) in [7, 11) is 0. The van der Waals surface area contributed by atoms with Crippen LogP contribution in [0.4, 0.5) is 13.2 Å². The molecule has 0 bridgehead atoms. The van der Waals surface area contributed by atoms with Crippen molar-refractivity contribution in [1.29, 1.82) is 0 Å². The van der Waals surface area contributed by atoms with E-state index in [0.717, 1.165) is 17.5 Å². The molecule has 2 heterocycles. The van der Waals surface area contributed by atoms with Crippen molar-refractivity contribution in [2.75, 3.05) is 0 Å². The maximum absolute atomic E-state index is 13.0. The molecule has 1 unspecified atom stereocenters. The molecule has 0 aliphatic carbocycles. The molecule has 4 aromatic rings. The number of nitrogens with one attached hydrogen (secondary N) is 1. The van der Waals surface area contributed by atoms with Gasteiger partial charge in [0.25, 0.3) is 5.91 Å². The van der Waals surface area contributed by atoms with Gasteiger partial charge in [0.15, 0.2) is 0 Å². The first-order chi connectivity index (χ1) is 14.8. The molecule has 2 aromatic heterocycles. The Morgan fingerprint density at radius 2 is 1.65 bits per heavy atom. The third-order valence-electron chi connectivity index (χ3n) is 4.78. The van der Waals surface area contributed by atoms with Gasteiger partial charge in [-0.15, -0.1) is 0 Å². The molecular formula is C23H15BrF3N3O. The SMILES string of the molecule is O=C(NC(c1ccc(C(F)(F)F)cc1)c1ncccc1Br)c1ccc2cccnc2c1. The molecule has 0 spiro atoms. The highest BCUT2D eigenvalue weighted by molar-refractivity contribution is 9.10. The number of nitrogens with zero attached hydrogens (tertiary/aromatic N) is 2. The lowest BCUT2D eigenvalue weighted by Gasteiger charge is -2.21. The number of pyridine rings is 2. The van der Waals surface area contributed by atoms with E-state index in [2.05, 4.69) is 31.2 Å². The average Bonchev–Trinajstić information content (AvgIpc) is 2.77. The van der Waals surface area contributed by atoms with E-state index in [1.54, 1.807) is 48.8 Å². The number of benzene rings is 2. The summed E-state index contributed by atoms with van der Waals surface area (Å²) < 4.78 is 39.5. The van der Waals surface area contributed by atoms with E-state index < -0.39 is 23.7 Å². The van der Waals surface area contributed by atoms with Crippen LogP contribution in [0.1, 0.15) is 33.2 Å². The molecule has 4 nitrogen and oxygen atoms in total. The number of rotatable bonds is 4. The van der Waals surface area contributed by atoms with Crippen LogP contribution in [-0.2, 0) is 6.18 Å². The summed E-state index contributed by atoms with van der Waals surface area (Å²) in [6, 6.07) is 16.2. The van der Waals surface area contributed by atoms with Crippen LogP contribution in [0.3, 0.4) is 0 Å². The van der Waals surface area contributed by atoms with E-state index in [-0.39, 0.29) is 0 Å². The van der Waals surface area contributed by atoms with Crippen LogP contribution in [0.25, 0.3) is 10.9 Å². The summed E-state index contributed by atoms with van der Waals surface area (Å²) in [5, 5.41) is 3.78. The van der Waals surface area contributed by atoms with Crippen LogP contribution < -0.4 is 5.32 Å². The minimum Gasteiger partial charge on any atom is -0.339 e. The lowest BCUT2D eigenvalue weighted by Crippen LogP contribution is -2.30. The van der Waals surface area contributed by atoms with Crippen LogP contribution in [0.15, 0.2) is 83.6 Å². The predicted molar refractivity (Wildman–Crippen MR) is 114 cm³/mol. The van der Waals surface area contributed by atoms with E-state index in [4.69, 9.17) is 0 Å². The van der Waals surface area contributed by atoms with Gasteiger partial charge in [-0.3, -0.25) is 14.8 Å². The predicted octanol–water partition coefficient (Wildman–Crippen LogP) is 5.93. The second kappa shape index (κ2) is 8.47. The fourth-order valence-electron chi connectivity index (χ4n) is 3.21. The minimum atomic E-state index is -4.44. The van der Waals surface area contributed by atoms with Gasteiger partial charge in [-0.1, -0.05) is 24.3 Å². The molecule has 0 saturated carbocycles. The van der Waals surface area contributed by atoms with Gasteiger partial charge in [0.05, 0.1) is 22.8 Å². The quantitative estimate of drug-likeness (QED) is 0.389. The summed E-state index contributed by atoms with van der Waals surface area (Å²) >= 11 is 3.42. The first-order valence-electron chi connectivity index (χ1n) is 9.26. The molecule has 0 radical (unpaired) electrons. The third kappa shape index (κ3) is 4.59. The number of alkyl halides is 3. The second-order valence-corrected chi connectivity index (χ2v) is 7.66. The molecule has 1 N–H and O–H groups in total. The lowest BCUT2D eigenvalue weighted by molar-refractivity contribution is -0.137. The topological polar surface area (TPSA) is 54.9 Å². The highest BCUT2D eigenvalue weighted by Gasteiger charge is 2.31. The summed E-state index contributed by atoms with van der Waals surface area (Å²) in [6.07, 6.45) is -1.25. The molecule has 31 heavy (non-hydrogen) atoms. The molecule has 0 aliphatic heterocycles. The van der Waals surface area contributed by atoms with Gasteiger partial charge in [0.2, 0.25) is 0 Å². The van der Waals surface area contributed by atoms with Crippen molar-refractivity contribution in [3.8, 4) is 0 Å². The van der Waals surface area contributed by atoms with Crippen molar-refractivity contribution >= 4 is 32.7 Å². The van der Waals surface area contributed by atoms with Crippen LogP contribution in [0, 0.1) is 0 Å². The first kappa shape index (κ1) is 21.0. The molecule has 0 fully saturated rings. The van der Waals surface area contributed by atoms with Crippen molar-refractivity contribution in [2.24, 2.45) is 0 Å². The van der Waals surface area contributed by atoms with E-state index in [1.807, 2.05) is 6.07 Å². The average molecular weight is 486 g/mol. The lowest BCUT2D eigenvalue weighted by atomic mass is 10.0. The van der Waals surface area contributed by atoms with E-state index in [0.29, 0.717) is 26.8 Å². The Hall–Kier alpha value is -3.26. The standard InChI is InChI=1S/C23H15BrF3N3O/c24-18-4-2-12-29-21(18)20(15-7-9-17(10-8-15)23(25,26)27)30-22(31)16-6-5-14-3-1-11-28-19(14)13-16/h1-13,20H,(H,30,31). The van der Waals surface area contributed by atoms with Gasteiger partial charge >= 0.3 is 6.18 Å². The Bertz CT molecular complexity index is 1240. The molecule has 0 saturated heterocycles. The van der Waals surface area contributed by atoms with Crippen molar-refractivity contribution in [2.45, 2.75) is 12.2 Å². The number of halogens is 4. The molecule has 0 aliphatic rings. The fourth-order valence-corrected chi connectivity index (χ4v) is 3.69. The molecule has 8 heteroatoms. The van der Waals surface area contributed by atoms with Crippen molar-refractivity contribution in [3.63, 3.8) is 0 Å². The highest BCUT2D eigenvalue weighted by Crippen LogP contribution is 2.32. The summed E-state index contributed by atoms with van der Waals surface area (Å²) in [5.74, 6) is -0.394.